The van der Waals surface area contributed by atoms with Crippen molar-refractivity contribution in [3.8, 4) is 17.1 Å². The lowest BCUT2D eigenvalue weighted by molar-refractivity contribution is -0.116. The van der Waals surface area contributed by atoms with Gasteiger partial charge in [0.05, 0.1) is 18.3 Å². The number of pyridine rings is 1. The monoisotopic (exact) mass is 498 g/mol. The van der Waals surface area contributed by atoms with Crippen LogP contribution in [0.3, 0.4) is 0 Å². The Bertz CT molecular complexity index is 1330. The lowest BCUT2D eigenvalue weighted by Gasteiger charge is -2.25. The van der Waals surface area contributed by atoms with E-state index in [9.17, 15) is 4.79 Å². The van der Waals surface area contributed by atoms with E-state index in [1.165, 1.54) is 0 Å². The molecule has 4 aromatic rings. The molecule has 2 atom stereocenters. The van der Waals surface area contributed by atoms with Gasteiger partial charge in [-0.1, -0.05) is 24.3 Å². The maximum absolute atomic E-state index is 12.9. The van der Waals surface area contributed by atoms with Crippen molar-refractivity contribution in [1.29, 1.82) is 0 Å². The van der Waals surface area contributed by atoms with E-state index in [-0.39, 0.29) is 24.5 Å². The van der Waals surface area contributed by atoms with Crippen molar-refractivity contribution in [1.82, 2.24) is 15.2 Å². The molecule has 7 nitrogen and oxygen atoms in total. The summed E-state index contributed by atoms with van der Waals surface area (Å²) in [5.74, 6) is 2.05. The number of rotatable bonds is 8. The van der Waals surface area contributed by atoms with Crippen molar-refractivity contribution in [2.24, 2.45) is 0 Å². The second-order valence-electron chi connectivity index (χ2n) is 8.33. The lowest BCUT2D eigenvalue weighted by Crippen LogP contribution is -2.36. The first-order valence-electron chi connectivity index (χ1n) is 11.8. The molecule has 0 unspecified atom stereocenters. The Labute approximate surface area is 215 Å². The highest BCUT2D eigenvalue weighted by molar-refractivity contribution is 7.80. The summed E-state index contributed by atoms with van der Waals surface area (Å²) in [5.41, 5.74) is 2.48. The van der Waals surface area contributed by atoms with Crippen LogP contribution in [0.2, 0.25) is 0 Å². The summed E-state index contributed by atoms with van der Waals surface area (Å²) >= 11 is 5.67. The zero-order valence-corrected chi connectivity index (χ0v) is 20.6. The van der Waals surface area contributed by atoms with Crippen molar-refractivity contribution in [2.75, 3.05) is 18.5 Å². The Balaban J connectivity index is 1.43. The van der Waals surface area contributed by atoms with E-state index in [4.69, 9.17) is 21.4 Å². The molecule has 1 fully saturated rings. The third kappa shape index (κ3) is 5.08. The molecule has 0 saturated carbocycles. The third-order valence-corrected chi connectivity index (χ3v) is 6.29. The molecule has 2 N–H and O–H groups in total. The first-order chi connectivity index (χ1) is 17.6. The van der Waals surface area contributed by atoms with E-state index in [2.05, 4.69) is 15.6 Å². The maximum atomic E-state index is 12.9. The van der Waals surface area contributed by atoms with Gasteiger partial charge in [0.15, 0.2) is 5.11 Å². The Morgan fingerprint density at radius 1 is 1.06 bits per heavy atom. The minimum atomic E-state index is -0.356. The van der Waals surface area contributed by atoms with Crippen LogP contribution in [0.15, 0.2) is 95.5 Å². The van der Waals surface area contributed by atoms with Crippen LogP contribution in [0.1, 0.15) is 30.5 Å². The van der Waals surface area contributed by atoms with E-state index in [0.29, 0.717) is 17.5 Å². The van der Waals surface area contributed by atoms with Gasteiger partial charge >= 0.3 is 0 Å². The van der Waals surface area contributed by atoms with Crippen LogP contribution in [0.4, 0.5) is 5.69 Å². The first kappa shape index (κ1) is 23.6. The van der Waals surface area contributed by atoms with Crippen LogP contribution in [0, 0.1) is 0 Å². The summed E-state index contributed by atoms with van der Waals surface area (Å²) in [6.07, 6.45) is 1.75. The molecule has 1 amide bonds. The van der Waals surface area contributed by atoms with Gasteiger partial charge in [-0.15, -0.1) is 0 Å². The van der Waals surface area contributed by atoms with Crippen molar-refractivity contribution < 1.29 is 13.9 Å². The molecule has 36 heavy (non-hydrogen) atoms. The second kappa shape index (κ2) is 10.6. The molecule has 0 bridgehead atoms. The molecular weight excluding hydrogens is 472 g/mol. The van der Waals surface area contributed by atoms with E-state index < -0.39 is 0 Å². The number of nitrogens with zero attached hydrogens (tertiary/aromatic N) is 2. The highest BCUT2D eigenvalue weighted by atomic mass is 32.1. The molecule has 0 radical (unpaired) electrons. The summed E-state index contributed by atoms with van der Waals surface area (Å²) in [5, 5.41) is 6.75. The number of hydrogen-bond acceptors (Lipinski definition) is 5. The summed E-state index contributed by atoms with van der Waals surface area (Å²) in [4.78, 5) is 19.3. The number of carbonyl (C=O) groups excluding carboxylic acids is 1. The van der Waals surface area contributed by atoms with Crippen LogP contribution < -0.4 is 15.4 Å². The molecule has 5 rings (SSSR count). The highest BCUT2D eigenvalue weighted by Crippen LogP contribution is 2.40. The normalized spacial score (nSPS) is 17.0. The van der Waals surface area contributed by atoms with Crippen molar-refractivity contribution in [3.63, 3.8) is 0 Å². The number of furan rings is 1. The summed E-state index contributed by atoms with van der Waals surface area (Å²) in [6, 6.07) is 26.1. The van der Waals surface area contributed by atoms with Gasteiger partial charge in [0.1, 0.15) is 29.9 Å². The molecule has 2 aromatic heterocycles. The number of ether oxygens (including phenoxy) is 1. The van der Waals surface area contributed by atoms with Gasteiger partial charge in [-0.2, -0.15) is 0 Å². The number of para-hydroxylation sites is 1. The van der Waals surface area contributed by atoms with E-state index in [1.54, 1.807) is 6.20 Å². The number of hydrogen-bond donors (Lipinski definition) is 2. The summed E-state index contributed by atoms with van der Waals surface area (Å²) in [6.45, 7) is 2.63. The first-order valence-corrected chi connectivity index (χ1v) is 12.2. The molecule has 1 aliphatic heterocycles. The number of amides is 1. The van der Waals surface area contributed by atoms with Gasteiger partial charge in [0, 0.05) is 17.4 Å². The van der Waals surface area contributed by atoms with Crippen molar-refractivity contribution in [3.05, 3.63) is 103 Å². The molecule has 2 aromatic carbocycles. The number of thiocarbonyl (C=S) groups is 1. The lowest BCUT2D eigenvalue weighted by atomic mass is 10.0. The van der Waals surface area contributed by atoms with Crippen LogP contribution in [-0.4, -0.2) is 34.1 Å². The van der Waals surface area contributed by atoms with E-state index >= 15 is 0 Å². The van der Waals surface area contributed by atoms with Gasteiger partial charge in [0.2, 0.25) is 5.91 Å². The van der Waals surface area contributed by atoms with Crippen LogP contribution in [-0.2, 0) is 4.79 Å². The maximum Gasteiger partial charge on any atom is 0.244 e. The fraction of sp³-hybridized carbons (Fsp3) is 0.179. The summed E-state index contributed by atoms with van der Waals surface area (Å²) < 4.78 is 11.9. The Hall–Kier alpha value is -4.17. The van der Waals surface area contributed by atoms with Crippen LogP contribution in [0.5, 0.6) is 5.75 Å². The molecule has 0 spiro atoms. The van der Waals surface area contributed by atoms with Gasteiger partial charge in [-0.05, 0) is 79.8 Å². The largest absolute Gasteiger partial charge is 0.494 e. The molecule has 1 saturated heterocycles. The quantitative estimate of drug-likeness (QED) is 0.317. The average Bonchev–Trinajstić information content (AvgIpc) is 3.51. The second-order valence-corrected chi connectivity index (χ2v) is 8.71. The number of nitrogens with one attached hydrogen (secondary N) is 2. The molecule has 182 valence electrons. The fourth-order valence-corrected chi connectivity index (χ4v) is 4.62. The number of benzene rings is 2. The van der Waals surface area contributed by atoms with Crippen molar-refractivity contribution >= 4 is 28.9 Å². The Kier molecular flexibility index (Phi) is 6.95. The third-order valence-electron chi connectivity index (χ3n) is 5.94. The van der Waals surface area contributed by atoms with E-state index in [1.807, 2.05) is 96.8 Å². The predicted octanol–water partition coefficient (Wildman–Crippen LogP) is 5.35. The minimum Gasteiger partial charge on any atom is -0.494 e. The molecular formula is C28H26N4O3S. The predicted molar refractivity (Wildman–Crippen MR) is 143 cm³/mol. The smallest absolute Gasteiger partial charge is 0.244 e. The zero-order valence-electron chi connectivity index (χ0n) is 19.8. The van der Waals surface area contributed by atoms with Gasteiger partial charge < -0.3 is 24.7 Å². The highest BCUT2D eigenvalue weighted by Gasteiger charge is 2.42. The Morgan fingerprint density at radius 3 is 2.56 bits per heavy atom. The average molecular weight is 499 g/mol. The number of anilines is 1. The Morgan fingerprint density at radius 2 is 1.83 bits per heavy atom. The summed E-state index contributed by atoms with van der Waals surface area (Å²) in [7, 11) is 0. The molecule has 8 heteroatoms. The zero-order chi connectivity index (χ0) is 24.9. The van der Waals surface area contributed by atoms with Gasteiger partial charge in [-0.3, -0.25) is 9.78 Å². The van der Waals surface area contributed by atoms with Crippen LogP contribution in [0.25, 0.3) is 11.3 Å². The van der Waals surface area contributed by atoms with Gasteiger partial charge in [-0.25, -0.2) is 0 Å². The number of aromatic nitrogens is 1. The van der Waals surface area contributed by atoms with Crippen molar-refractivity contribution in [2.45, 2.75) is 19.0 Å². The SMILES string of the molecule is CCOc1ccc(-c2ccc([C@H]3[C@@H](c4ccccn4)NC(=S)N3CC(=O)Nc3ccccc3)o2)cc1. The van der Waals surface area contributed by atoms with Gasteiger partial charge in [0.25, 0.3) is 0 Å². The van der Waals surface area contributed by atoms with Crippen LogP contribution >= 0.6 is 12.2 Å². The molecule has 3 heterocycles. The number of carbonyl (C=O) groups is 1. The van der Waals surface area contributed by atoms with E-state index in [0.717, 1.165) is 28.5 Å². The molecule has 1 aliphatic rings. The topological polar surface area (TPSA) is 79.6 Å². The minimum absolute atomic E-state index is 0.0633. The molecule has 0 aliphatic carbocycles. The fourth-order valence-electron chi connectivity index (χ4n) is 4.31. The standard InChI is InChI=1S/C28H26N4O3S/c1-2-34-21-13-11-19(12-14-21)23-15-16-24(35-23)27-26(22-10-6-7-17-29-22)31-28(36)32(27)18-25(33)30-20-8-4-3-5-9-20/h3-17,26-27H,2,18H2,1H3,(H,30,33)(H,31,36)/t26-,27+/m1/s1.